The molecular weight excluding hydrogens is 986 g/mol. The van der Waals surface area contributed by atoms with E-state index in [9.17, 15) is 0 Å². The van der Waals surface area contributed by atoms with E-state index in [0.29, 0.717) is 0 Å². The normalized spacial score (nSPS) is 17.4. The first-order valence-corrected chi connectivity index (χ1v) is 30.6. The summed E-state index contributed by atoms with van der Waals surface area (Å²) in [5.74, 6) is 0. The lowest BCUT2D eigenvalue weighted by Crippen LogP contribution is -2.62. The number of rotatable bonds is 5. The lowest BCUT2D eigenvalue weighted by Gasteiger charge is -2.48. The van der Waals surface area contributed by atoms with E-state index in [-0.39, 0.29) is 39.2 Å². The van der Waals surface area contributed by atoms with Gasteiger partial charge in [-0.15, -0.1) is 11.3 Å². The number of benzene rings is 8. The molecule has 0 saturated carbocycles. The van der Waals surface area contributed by atoms with Crippen LogP contribution in [0.4, 0.5) is 51.2 Å². The summed E-state index contributed by atoms with van der Waals surface area (Å²) in [4.78, 5) is 7.96. The van der Waals surface area contributed by atoms with Gasteiger partial charge in [0.25, 0.3) is 6.71 Å². The summed E-state index contributed by atoms with van der Waals surface area (Å²) in [6, 6.07) is 55.9. The molecule has 13 rings (SSSR count). The van der Waals surface area contributed by atoms with Crippen LogP contribution in [0.5, 0.6) is 0 Å². The van der Waals surface area contributed by atoms with Crippen LogP contribution in [0.15, 0.2) is 140 Å². The van der Waals surface area contributed by atoms with Gasteiger partial charge in [-0.05, 0) is 212 Å². The van der Waals surface area contributed by atoms with Gasteiger partial charge in [-0.25, -0.2) is 0 Å². The van der Waals surface area contributed by atoms with E-state index < -0.39 is 0 Å². The monoisotopic (exact) mass is 1070 g/mol. The molecular formula is C75H82BN3S. The summed E-state index contributed by atoms with van der Waals surface area (Å²) in [6.07, 6.45) is 4.68. The van der Waals surface area contributed by atoms with Crippen LogP contribution in [0.25, 0.3) is 20.2 Å². The summed E-state index contributed by atoms with van der Waals surface area (Å²) in [5.41, 5.74) is 27.9. The van der Waals surface area contributed by atoms with Gasteiger partial charge >= 0.3 is 0 Å². The highest BCUT2D eigenvalue weighted by atomic mass is 32.1. The average molecular weight is 1070 g/mol. The fraction of sp³-hybridized carbons (Fsp3) is 0.360. The van der Waals surface area contributed by atoms with E-state index in [1.807, 2.05) is 11.3 Å². The number of hydrogen-bond donors (Lipinski definition) is 0. The first-order valence-electron chi connectivity index (χ1n) is 29.8. The molecule has 1 aromatic heterocycles. The number of anilines is 9. The van der Waals surface area contributed by atoms with Crippen LogP contribution in [-0.4, -0.2) is 6.71 Å². The zero-order chi connectivity index (χ0) is 56.5. The highest BCUT2D eigenvalue weighted by Gasteiger charge is 2.48. The minimum Gasteiger partial charge on any atom is -0.311 e. The van der Waals surface area contributed by atoms with Crippen molar-refractivity contribution >= 4 is 106 Å². The van der Waals surface area contributed by atoms with E-state index in [1.54, 1.807) is 0 Å². The molecule has 2 aliphatic heterocycles. The van der Waals surface area contributed by atoms with Gasteiger partial charge in [-0.1, -0.05) is 170 Å². The molecule has 0 amide bonds. The highest BCUT2D eigenvalue weighted by Crippen LogP contribution is 2.55. The van der Waals surface area contributed by atoms with Crippen LogP contribution in [0.3, 0.4) is 0 Å². The van der Waals surface area contributed by atoms with Gasteiger partial charge in [0.2, 0.25) is 0 Å². The van der Waals surface area contributed by atoms with Crippen molar-refractivity contribution in [3.8, 4) is 0 Å². The molecule has 5 heteroatoms. The Morgan fingerprint density at radius 3 is 1.59 bits per heavy atom. The summed E-state index contributed by atoms with van der Waals surface area (Å²) in [5, 5.41) is 2.62. The predicted molar refractivity (Wildman–Crippen MR) is 350 cm³/mol. The largest absolute Gasteiger partial charge is 0.311 e. The second-order valence-electron chi connectivity index (χ2n) is 29.4. The third-order valence-electron chi connectivity index (χ3n) is 19.8. The minimum atomic E-state index is -0.0260. The summed E-state index contributed by atoms with van der Waals surface area (Å²) in [7, 11) is 0. The smallest absolute Gasteiger partial charge is 0.252 e. The Bertz CT molecular complexity index is 3990. The first-order chi connectivity index (χ1) is 37.6. The Labute approximate surface area is 483 Å². The van der Waals surface area contributed by atoms with Crippen LogP contribution in [0.2, 0.25) is 0 Å². The quantitative estimate of drug-likeness (QED) is 0.159. The van der Waals surface area contributed by atoms with Gasteiger partial charge in [0, 0.05) is 61.0 Å². The zero-order valence-electron chi connectivity index (χ0n) is 50.9. The third kappa shape index (κ3) is 8.16. The topological polar surface area (TPSA) is 9.72 Å². The van der Waals surface area contributed by atoms with Crippen LogP contribution in [0.1, 0.15) is 173 Å². The lowest BCUT2D eigenvalue weighted by atomic mass is 9.33. The molecule has 0 spiro atoms. The van der Waals surface area contributed by atoms with E-state index in [4.69, 9.17) is 0 Å². The number of thiophene rings is 1. The fourth-order valence-electron chi connectivity index (χ4n) is 14.6. The number of fused-ring (bicyclic) bond motifs is 9. The van der Waals surface area contributed by atoms with Crippen LogP contribution >= 0.6 is 11.3 Å². The molecule has 0 radical (unpaired) electrons. The van der Waals surface area contributed by atoms with Crippen molar-refractivity contribution < 1.29 is 0 Å². The Morgan fingerprint density at radius 2 is 0.988 bits per heavy atom. The zero-order valence-corrected chi connectivity index (χ0v) is 51.8. The lowest BCUT2D eigenvalue weighted by molar-refractivity contribution is 0.332. The molecule has 8 aromatic carbocycles. The Hall–Kier alpha value is -6.56. The minimum absolute atomic E-state index is 0.0200. The molecule has 0 fully saturated rings. The molecule has 0 N–H and O–H groups in total. The molecule has 0 atom stereocenters. The Balaban J connectivity index is 1.14. The maximum Gasteiger partial charge on any atom is 0.252 e. The summed E-state index contributed by atoms with van der Waals surface area (Å²) in [6.45, 7) is 40.7. The van der Waals surface area contributed by atoms with Gasteiger partial charge in [0.05, 0.1) is 10.4 Å². The fourth-order valence-corrected chi connectivity index (χ4v) is 15.8. The Morgan fingerprint density at radius 1 is 0.450 bits per heavy atom. The molecule has 9 aromatic rings. The van der Waals surface area contributed by atoms with Crippen molar-refractivity contribution in [1.29, 1.82) is 0 Å². The number of nitrogens with zero attached hydrogens (tertiary/aromatic N) is 3. The standard InChI is InChI=1S/C75H82BN3S/c1-45-37-65-68-66(38-45)79(62-23-20-22-53-52-21-18-19-24-67(52)80-69(53)62)63-42-51(77(60-31-25-48(39-46(60)2)70(4,5)6)61-32-26-49(40-47(61)3)71(7,8)9)28-30-58(63)76(68)59-43-56-57(75(16,17)36-35-74(56,14)15)44-64(59)78(65)50-27-29-54-55(41-50)73(12,13)34-33-72(54,10)11/h18-32,37-44H,33-36H2,1-17H3. The molecule has 3 nitrogen and oxygen atoms in total. The van der Waals surface area contributed by atoms with E-state index >= 15 is 0 Å². The molecule has 0 saturated heterocycles. The second kappa shape index (κ2) is 17.7. The van der Waals surface area contributed by atoms with Crippen LogP contribution in [-0.2, 0) is 32.5 Å². The summed E-state index contributed by atoms with van der Waals surface area (Å²) >= 11 is 1.93. The first kappa shape index (κ1) is 52.8. The van der Waals surface area contributed by atoms with Gasteiger partial charge in [0.15, 0.2) is 0 Å². The molecule has 406 valence electrons. The number of aryl methyl sites for hydroxylation is 3. The van der Waals surface area contributed by atoms with Crippen molar-refractivity contribution in [2.45, 2.75) is 176 Å². The van der Waals surface area contributed by atoms with E-state index in [1.165, 1.54) is 145 Å². The van der Waals surface area contributed by atoms with Crippen molar-refractivity contribution in [3.63, 3.8) is 0 Å². The van der Waals surface area contributed by atoms with Crippen LogP contribution in [0, 0.1) is 20.8 Å². The molecule has 2 aliphatic carbocycles. The van der Waals surface area contributed by atoms with Gasteiger partial charge in [-0.2, -0.15) is 0 Å². The average Bonchev–Trinajstić information content (AvgIpc) is 3.93. The van der Waals surface area contributed by atoms with Crippen LogP contribution < -0.4 is 31.1 Å². The number of hydrogen-bond acceptors (Lipinski definition) is 4. The molecule has 0 unspecified atom stereocenters. The molecule has 80 heavy (non-hydrogen) atoms. The highest BCUT2D eigenvalue weighted by molar-refractivity contribution is 7.26. The van der Waals surface area contributed by atoms with E-state index in [0.717, 1.165) is 18.5 Å². The van der Waals surface area contributed by atoms with Crippen molar-refractivity contribution in [3.05, 3.63) is 190 Å². The molecule has 4 aliphatic rings. The van der Waals surface area contributed by atoms with Crippen molar-refractivity contribution in [2.24, 2.45) is 0 Å². The molecule has 0 bridgehead atoms. The van der Waals surface area contributed by atoms with Gasteiger partial charge < -0.3 is 14.7 Å². The third-order valence-corrected chi connectivity index (χ3v) is 21.0. The Kier molecular flexibility index (Phi) is 11.7. The van der Waals surface area contributed by atoms with Gasteiger partial charge in [0.1, 0.15) is 0 Å². The van der Waals surface area contributed by atoms with E-state index in [2.05, 4.69) is 272 Å². The maximum atomic E-state index is 2.71. The summed E-state index contributed by atoms with van der Waals surface area (Å²) < 4.78 is 2.62. The second-order valence-corrected chi connectivity index (χ2v) is 30.4. The maximum absolute atomic E-state index is 2.71. The molecule has 3 heterocycles. The predicted octanol–water partition coefficient (Wildman–Crippen LogP) is 19.8. The van der Waals surface area contributed by atoms with Gasteiger partial charge in [-0.3, -0.25) is 0 Å². The SMILES string of the molecule is Cc1cc2c3c(c1)N(c1cccc4c1sc1ccccc14)c1cc(N(c4ccc(C(C)(C)C)cc4C)c4ccc(C(C)(C)C)cc4C)ccc1B3c1cc3c(cc1N2c1ccc2c(c1)C(C)(C)CCC2(C)C)C(C)(C)CCC3(C)C. The van der Waals surface area contributed by atoms with Crippen molar-refractivity contribution in [1.82, 2.24) is 0 Å². The van der Waals surface area contributed by atoms with Crippen molar-refractivity contribution in [2.75, 3.05) is 14.7 Å².